The third-order valence-electron chi connectivity index (χ3n) is 1.84. The zero-order valence-corrected chi connectivity index (χ0v) is 10.4. The van der Waals surface area contributed by atoms with Crippen LogP contribution in [0.5, 0.6) is 0 Å². The molecule has 1 aromatic heterocycles. The number of halogens is 4. The first-order valence-electron chi connectivity index (χ1n) is 3.99. The molecule has 0 radical (unpaired) electrons. The Morgan fingerprint density at radius 2 is 2.27 bits per heavy atom. The summed E-state index contributed by atoms with van der Waals surface area (Å²) in [5, 5.41) is 8.53. The highest BCUT2D eigenvalue weighted by molar-refractivity contribution is 14.1. The van der Waals surface area contributed by atoms with Gasteiger partial charge in [-0.2, -0.15) is 5.26 Å². The van der Waals surface area contributed by atoms with Crippen LogP contribution >= 0.6 is 34.2 Å². The highest BCUT2D eigenvalue weighted by Crippen LogP contribution is 2.28. The normalized spacial score (nSPS) is 10.4. The van der Waals surface area contributed by atoms with E-state index in [2.05, 4.69) is 4.98 Å². The van der Waals surface area contributed by atoms with Crippen LogP contribution in [0.2, 0.25) is 0 Å². The number of nitrogens with zero attached hydrogens (tertiary/aromatic N) is 2. The molecule has 0 saturated heterocycles. The number of hydrogen-bond acceptors (Lipinski definition) is 2. The molecular formula is C9H6ClF2IN2. The minimum absolute atomic E-state index is 0.0849. The van der Waals surface area contributed by atoms with Crippen LogP contribution < -0.4 is 0 Å². The van der Waals surface area contributed by atoms with E-state index < -0.39 is 6.43 Å². The average Bonchev–Trinajstić information content (AvgIpc) is 2.18. The van der Waals surface area contributed by atoms with Crippen LogP contribution in [0.25, 0.3) is 0 Å². The summed E-state index contributed by atoms with van der Waals surface area (Å²) in [5.41, 5.74) is 0.867. The Labute approximate surface area is 104 Å². The van der Waals surface area contributed by atoms with Crippen LogP contribution in [-0.4, -0.2) is 4.98 Å². The van der Waals surface area contributed by atoms with Gasteiger partial charge in [-0.1, -0.05) is 0 Å². The van der Waals surface area contributed by atoms with Crippen molar-refractivity contribution in [3.05, 3.63) is 26.6 Å². The van der Waals surface area contributed by atoms with Crippen molar-refractivity contribution in [2.45, 2.75) is 18.7 Å². The summed E-state index contributed by atoms with van der Waals surface area (Å²) in [4.78, 5) is 3.83. The molecule has 0 amide bonds. The van der Waals surface area contributed by atoms with Gasteiger partial charge in [0, 0.05) is 20.9 Å². The Morgan fingerprint density at radius 3 is 2.73 bits per heavy atom. The lowest BCUT2D eigenvalue weighted by Gasteiger charge is -2.10. The highest BCUT2D eigenvalue weighted by atomic mass is 127. The highest BCUT2D eigenvalue weighted by Gasteiger charge is 2.17. The van der Waals surface area contributed by atoms with Crippen molar-refractivity contribution in [1.82, 2.24) is 4.98 Å². The van der Waals surface area contributed by atoms with E-state index in [-0.39, 0.29) is 17.9 Å². The molecule has 1 rings (SSSR count). The SMILES string of the molecule is N#CCc1ncc(C(F)F)c(I)c1CCl. The molecule has 0 bridgehead atoms. The molecule has 0 unspecified atom stereocenters. The van der Waals surface area contributed by atoms with Gasteiger partial charge < -0.3 is 0 Å². The zero-order chi connectivity index (χ0) is 11.4. The molecule has 0 atom stereocenters. The van der Waals surface area contributed by atoms with Crippen LogP contribution in [0.1, 0.15) is 23.2 Å². The first kappa shape index (κ1) is 12.6. The fourth-order valence-corrected chi connectivity index (χ4v) is 2.49. The second-order valence-corrected chi connectivity index (χ2v) is 4.07. The molecule has 0 aliphatic rings. The molecule has 1 heterocycles. The summed E-state index contributed by atoms with van der Waals surface area (Å²) < 4.78 is 25.4. The predicted molar refractivity (Wildman–Crippen MR) is 60.8 cm³/mol. The van der Waals surface area contributed by atoms with Gasteiger partial charge in [-0.15, -0.1) is 11.6 Å². The van der Waals surface area contributed by atoms with E-state index in [1.165, 1.54) is 0 Å². The van der Waals surface area contributed by atoms with Gasteiger partial charge in [0.2, 0.25) is 0 Å². The van der Waals surface area contributed by atoms with E-state index in [9.17, 15) is 8.78 Å². The summed E-state index contributed by atoms with van der Waals surface area (Å²) in [6.45, 7) is 0. The summed E-state index contributed by atoms with van der Waals surface area (Å²) >= 11 is 7.46. The molecule has 0 saturated carbocycles. The van der Waals surface area contributed by atoms with Crippen molar-refractivity contribution in [2.24, 2.45) is 0 Å². The largest absolute Gasteiger partial charge is 0.266 e. The van der Waals surface area contributed by atoms with Crippen LogP contribution in [0.3, 0.4) is 0 Å². The Kier molecular flexibility index (Phi) is 4.67. The van der Waals surface area contributed by atoms with Crippen molar-refractivity contribution in [2.75, 3.05) is 0 Å². The monoisotopic (exact) mass is 342 g/mol. The van der Waals surface area contributed by atoms with E-state index in [1.807, 2.05) is 28.7 Å². The molecule has 6 heteroatoms. The number of aromatic nitrogens is 1. The quantitative estimate of drug-likeness (QED) is 0.623. The van der Waals surface area contributed by atoms with Crippen molar-refractivity contribution >= 4 is 34.2 Å². The van der Waals surface area contributed by atoms with Gasteiger partial charge in [0.1, 0.15) is 0 Å². The van der Waals surface area contributed by atoms with Crippen molar-refractivity contribution in [1.29, 1.82) is 5.26 Å². The van der Waals surface area contributed by atoms with Gasteiger partial charge >= 0.3 is 0 Å². The van der Waals surface area contributed by atoms with Crippen LogP contribution in [0.4, 0.5) is 8.78 Å². The standard InChI is InChI=1S/C9H6ClF2IN2/c10-3-5-7(1-2-14)15-4-6(8(5)13)9(11)12/h4,9H,1,3H2. The molecule has 0 aliphatic carbocycles. The zero-order valence-electron chi connectivity index (χ0n) is 7.48. The molecular weight excluding hydrogens is 336 g/mol. The number of hydrogen-bond donors (Lipinski definition) is 0. The van der Waals surface area contributed by atoms with Gasteiger partial charge in [0.05, 0.1) is 24.1 Å². The summed E-state index contributed by atoms with van der Waals surface area (Å²) in [6, 6.07) is 1.92. The Hall–Kier alpha value is -0.480. The smallest absolute Gasteiger partial charge is 0.259 e. The van der Waals surface area contributed by atoms with Crippen LogP contribution in [-0.2, 0) is 12.3 Å². The number of alkyl halides is 3. The number of rotatable bonds is 3. The van der Waals surface area contributed by atoms with E-state index >= 15 is 0 Å². The van der Waals surface area contributed by atoms with Crippen LogP contribution in [0.15, 0.2) is 6.20 Å². The average molecular weight is 343 g/mol. The van der Waals surface area contributed by atoms with Gasteiger partial charge in [-0.05, 0) is 22.6 Å². The van der Waals surface area contributed by atoms with Gasteiger partial charge in [0.25, 0.3) is 6.43 Å². The molecule has 0 aliphatic heterocycles. The maximum absolute atomic E-state index is 12.5. The van der Waals surface area contributed by atoms with Crippen LogP contribution in [0, 0.1) is 14.9 Å². The number of pyridine rings is 1. The third-order valence-corrected chi connectivity index (χ3v) is 3.38. The van der Waals surface area contributed by atoms with E-state index in [0.717, 1.165) is 6.20 Å². The Morgan fingerprint density at radius 1 is 1.60 bits per heavy atom. The molecule has 15 heavy (non-hydrogen) atoms. The van der Waals surface area contributed by atoms with Gasteiger partial charge in [-0.3, -0.25) is 4.98 Å². The van der Waals surface area contributed by atoms with Crippen molar-refractivity contribution in [3.63, 3.8) is 0 Å². The van der Waals surface area contributed by atoms with Gasteiger partial charge in [-0.25, -0.2) is 8.78 Å². The molecule has 1 aromatic rings. The first-order valence-corrected chi connectivity index (χ1v) is 5.60. The lowest BCUT2D eigenvalue weighted by Crippen LogP contribution is -2.03. The third kappa shape index (κ3) is 2.75. The maximum Gasteiger partial charge on any atom is 0.266 e. The molecule has 0 spiro atoms. The van der Waals surface area contributed by atoms with E-state index in [4.69, 9.17) is 16.9 Å². The molecule has 2 nitrogen and oxygen atoms in total. The fraction of sp³-hybridized carbons (Fsp3) is 0.333. The maximum atomic E-state index is 12.5. The topological polar surface area (TPSA) is 36.7 Å². The lowest BCUT2D eigenvalue weighted by molar-refractivity contribution is 0.150. The second kappa shape index (κ2) is 5.56. The predicted octanol–water partition coefficient (Wildman–Crippen LogP) is 3.43. The Bertz CT molecular complexity index is 404. The minimum atomic E-state index is -2.57. The van der Waals surface area contributed by atoms with E-state index in [1.54, 1.807) is 0 Å². The summed E-state index contributed by atoms with van der Waals surface area (Å²) in [5.74, 6) is 0.0862. The second-order valence-electron chi connectivity index (χ2n) is 2.72. The number of nitriles is 1. The Balaban J connectivity index is 3.27. The molecule has 0 fully saturated rings. The van der Waals surface area contributed by atoms with Crippen molar-refractivity contribution in [3.8, 4) is 6.07 Å². The minimum Gasteiger partial charge on any atom is -0.259 e. The van der Waals surface area contributed by atoms with Crippen molar-refractivity contribution < 1.29 is 8.78 Å². The summed E-state index contributed by atoms with van der Waals surface area (Å²) in [6.07, 6.45) is -1.38. The molecule has 0 aromatic carbocycles. The molecule has 80 valence electrons. The first-order chi connectivity index (χ1) is 7.11. The summed E-state index contributed by atoms with van der Waals surface area (Å²) in [7, 11) is 0. The lowest BCUT2D eigenvalue weighted by atomic mass is 10.1. The molecule has 0 N–H and O–H groups in total. The fourth-order valence-electron chi connectivity index (χ4n) is 1.10. The van der Waals surface area contributed by atoms with E-state index in [0.29, 0.717) is 14.8 Å². The van der Waals surface area contributed by atoms with Gasteiger partial charge in [0.15, 0.2) is 0 Å².